The molecule has 2 atom stereocenters. The standard InChI is InChI=1S/C13H17N5OS/c1-10(18-9-14-8-16-18)13(19)17-6-3-2-4-11(17)12-15-5-7-20-12/h5,7-11H,2-4,6H2,1H3/t10-,11-/m1/s1. The Morgan fingerprint density at radius 3 is 3.10 bits per heavy atom. The van der Waals surface area contributed by atoms with Gasteiger partial charge in [-0.3, -0.25) is 4.79 Å². The van der Waals surface area contributed by atoms with Crippen molar-refractivity contribution in [1.82, 2.24) is 24.6 Å². The first-order chi connectivity index (χ1) is 9.77. The molecule has 0 unspecified atom stereocenters. The van der Waals surface area contributed by atoms with Gasteiger partial charge in [0.05, 0.1) is 6.04 Å². The summed E-state index contributed by atoms with van der Waals surface area (Å²) in [5, 5.41) is 7.06. The molecule has 0 aromatic carbocycles. The van der Waals surface area contributed by atoms with Gasteiger partial charge in [-0.05, 0) is 26.2 Å². The third kappa shape index (κ3) is 2.45. The van der Waals surface area contributed by atoms with Gasteiger partial charge in [0.15, 0.2) is 0 Å². The number of nitrogens with zero attached hydrogens (tertiary/aromatic N) is 5. The molecule has 0 saturated carbocycles. The largest absolute Gasteiger partial charge is 0.331 e. The quantitative estimate of drug-likeness (QED) is 0.868. The van der Waals surface area contributed by atoms with Crippen molar-refractivity contribution in [3.05, 3.63) is 29.2 Å². The molecule has 0 N–H and O–H groups in total. The molecule has 1 amide bonds. The van der Waals surface area contributed by atoms with Crippen molar-refractivity contribution in [2.24, 2.45) is 0 Å². The molecule has 2 aromatic rings. The van der Waals surface area contributed by atoms with Gasteiger partial charge in [-0.25, -0.2) is 14.6 Å². The first-order valence-corrected chi connectivity index (χ1v) is 7.69. The van der Waals surface area contributed by atoms with E-state index in [2.05, 4.69) is 15.1 Å². The van der Waals surface area contributed by atoms with E-state index in [0.29, 0.717) is 0 Å². The van der Waals surface area contributed by atoms with E-state index in [-0.39, 0.29) is 18.0 Å². The van der Waals surface area contributed by atoms with Crippen molar-refractivity contribution in [2.45, 2.75) is 38.3 Å². The highest BCUT2D eigenvalue weighted by atomic mass is 32.1. The fourth-order valence-corrected chi connectivity index (χ4v) is 3.41. The van der Waals surface area contributed by atoms with Crippen LogP contribution in [0.3, 0.4) is 0 Å². The van der Waals surface area contributed by atoms with Crippen LogP contribution in [0.25, 0.3) is 0 Å². The molecule has 1 saturated heterocycles. The van der Waals surface area contributed by atoms with Gasteiger partial charge in [-0.2, -0.15) is 5.10 Å². The SMILES string of the molecule is C[C@H](C(=O)N1CCCC[C@@H]1c1nccs1)n1cncn1. The summed E-state index contributed by atoms with van der Waals surface area (Å²) in [6, 6.07) is -0.208. The number of hydrogen-bond acceptors (Lipinski definition) is 5. The molecule has 6 nitrogen and oxygen atoms in total. The van der Waals surface area contributed by atoms with Gasteiger partial charge in [0.1, 0.15) is 23.7 Å². The average molecular weight is 291 g/mol. The molecule has 1 fully saturated rings. The summed E-state index contributed by atoms with van der Waals surface area (Å²) in [7, 11) is 0. The molecule has 0 bridgehead atoms. The molecule has 7 heteroatoms. The minimum Gasteiger partial charge on any atom is -0.331 e. The van der Waals surface area contributed by atoms with E-state index in [9.17, 15) is 4.79 Å². The van der Waals surface area contributed by atoms with Crippen LogP contribution in [0.15, 0.2) is 24.2 Å². The third-order valence-corrected chi connectivity index (χ3v) is 4.59. The minimum atomic E-state index is -0.321. The highest BCUT2D eigenvalue weighted by molar-refractivity contribution is 7.09. The normalized spacial score (nSPS) is 20.9. The second kappa shape index (κ2) is 5.70. The van der Waals surface area contributed by atoms with Crippen LogP contribution in [0.5, 0.6) is 0 Å². The summed E-state index contributed by atoms with van der Waals surface area (Å²) in [5.74, 6) is 0.0930. The number of amides is 1. The van der Waals surface area contributed by atoms with Crippen LogP contribution in [0, 0.1) is 0 Å². The van der Waals surface area contributed by atoms with E-state index >= 15 is 0 Å². The average Bonchev–Trinajstić information content (AvgIpc) is 3.18. The van der Waals surface area contributed by atoms with Gasteiger partial charge in [0.2, 0.25) is 5.91 Å². The maximum Gasteiger partial charge on any atom is 0.247 e. The van der Waals surface area contributed by atoms with Crippen molar-refractivity contribution in [2.75, 3.05) is 6.54 Å². The minimum absolute atomic E-state index is 0.0930. The molecule has 106 valence electrons. The predicted molar refractivity (Wildman–Crippen MR) is 75.2 cm³/mol. The topological polar surface area (TPSA) is 63.9 Å². The molecule has 1 aliphatic heterocycles. The molecule has 1 aliphatic rings. The van der Waals surface area contributed by atoms with Crippen molar-refractivity contribution in [3.8, 4) is 0 Å². The van der Waals surface area contributed by atoms with Gasteiger partial charge < -0.3 is 4.90 Å². The van der Waals surface area contributed by atoms with Crippen LogP contribution in [-0.4, -0.2) is 37.1 Å². The third-order valence-electron chi connectivity index (χ3n) is 3.71. The van der Waals surface area contributed by atoms with Crippen LogP contribution in [0.2, 0.25) is 0 Å². The molecule has 3 rings (SSSR count). The van der Waals surface area contributed by atoms with E-state index in [1.807, 2.05) is 17.2 Å². The highest BCUT2D eigenvalue weighted by Gasteiger charge is 2.32. The number of piperidine rings is 1. The van der Waals surface area contributed by atoms with Crippen LogP contribution in [0.1, 0.15) is 43.3 Å². The van der Waals surface area contributed by atoms with Crippen LogP contribution < -0.4 is 0 Å². The smallest absolute Gasteiger partial charge is 0.247 e. The Hall–Kier alpha value is -1.76. The Morgan fingerprint density at radius 1 is 1.50 bits per heavy atom. The van der Waals surface area contributed by atoms with Crippen molar-refractivity contribution >= 4 is 17.2 Å². The van der Waals surface area contributed by atoms with E-state index in [0.717, 1.165) is 30.8 Å². The second-order valence-electron chi connectivity index (χ2n) is 4.97. The fraction of sp³-hybridized carbons (Fsp3) is 0.538. The Kier molecular flexibility index (Phi) is 3.77. The first kappa shape index (κ1) is 13.2. The monoisotopic (exact) mass is 291 g/mol. The van der Waals surface area contributed by atoms with E-state index in [4.69, 9.17) is 0 Å². The number of likely N-dealkylation sites (tertiary alicyclic amines) is 1. The predicted octanol–water partition coefficient (Wildman–Crippen LogP) is 2.05. The van der Waals surface area contributed by atoms with Gasteiger partial charge in [0, 0.05) is 18.1 Å². The molecule has 0 spiro atoms. The lowest BCUT2D eigenvalue weighted by Crippen LogP contribution is -2.42. The van der Waals surface area contributed by atoms with Crippen molar-refractivity contribution in [3.63, 3.8) is 0 Å². The zero-order valence-electron chi connectivity index (χ0n) is 11.3. The van der Waals surface area contributed by atoms with E-state index in [1.54, 1.807) is 28.5 Å². The second-order valence-corrected chi connectivity index (χ2v) is 5.89. The number of aromatic nitrogens is 4. The molecule has 0 aliphatic carbocycles. The summed E-state index contributed by atoms with van der Waals surface area (Å²) >= 11 is 1.62. The summed E-state index contributed by atoms with van der Waals surface area (Å²) in [6.45, 7) is 2.66. The lowest BCUT2D eigenvalue weighted by atomic mass is 10.0. The van der Waals surface area contributed by atoms with Gasteiger partial charge in [0.25, 0.3) is 0 Å². The van der Waals surface area contributed by atoms with Gasteiger partial charge >= 0.3 is 0 Å². The number of rotatable bonds is 3. The molecular weight excluding hydrogens is 274 g/mol. The van der Waals surface area contributed by atoms with Crippen molar-refractivity contribution in [1.29, 1.82) is 0 Å². The molecule has 20 heavy (non-hydrogen) atoms. The number of hydrogen-bond donors (Lipinski definition) is 0. The van der Waals surface area contributed by atoms with Crippen molar-refractivity contribution < 1.29 is 4.79 Å². The summed E-state index contributed by atoms with van der Waals surface area (Å²) < 4.78 is 1.61. The van der Waals surface area contributed by atoms with Gasteiger partial charge in [-0.15, -0.1) is 11.3 Å². The van der Waals surface area contributed by atoms with Crippen LogP contribution in [0.4, 0.5) is 0 Å². The Bertz CT molecular complexity index is 553. The zero-order chi connectivity index (χ0) is 13.9. The first-order valence-electron chi connectivity index (χ1n) is 6.81. The van der Waals surface area contributed by atoms with Crippen LogP contribution in [-0.2, 0) is 4.79 Å². The zero-order valence-corrected chi connectivity index (χ0v) is 12.2. The number of carbonyl (C=O) groups excluding carboxylic acids is 1. The Morgan fingerprint density at radius 2 is 2.40 bits per heavy atom. The number of thiazole rings is 1. The number of carbonyl (C=O) groups is 1. The molecule has 2 aromatic heterocycles. The summed E-state index contributed by atoms with van der Waals surface area (Å²) in [6.07, 6.45) is 8.04. The van der Waals surface area contributed by atoms with Crippen LogP contribution >= 0.6 is 11.3 Å². The van der Waals surface area contributed by atoms with Gasteiger partial charge in [-0.1, -0.05) is 0 Å². The summed E-state index contributed by atoms with van der Waals surface area (Å²) in [5.41, 5.74) is 0. The fourth-order valence-electron chi connectivity index (χ4n) is 2.62. The summed E-state index contributed by atoms with van der Waals surface area (Å²) in [4.78, 5) is 23.0. The highest BCUT2D eigenvalue weighted by Crippen LogP contribution is 2.33. The maximum absolute atomic E-state index is 12.7. The lowest BCUT2D eigenvalue weighted by Gasteiger charge is -2.36. The lowest BCUT2D eigenvalue weighted by molar-refractivity contribution is -0.138. The Labute approximate surface area is 121 Å². The molecular formula is C13H17N5OS. The van der Waals surface area contributed by atoms with E-state index in [1.165, 1.54) is 6.33 Å². The van der Waals surface area contributed by atoms with E-state index < -0.39 is 0 Å². The Balaban J connectivity index is 1.81. The molecule has 3 heterocycles. The molecule has 0 radical (unpaired) electrons. The maximum atomic E-state index is 12.7.